The molecule has 0 radical (unpaired) electrons. The summed E-state index contributed by atoms with van der Waals surface area (Å²) in [5.41, 5.74) is 2.22. The molecule has 0 saturated carbocycles. The Balaban J connectivity index is 1.89. The third-order valence-corrected chi connectivity index (χ3v) is 6.86. The van der Waals surface area contributed by atoms with Crippen molar-refractivity contribution in [2.45, 2.75) is 52.9 Å². The van der Waals surface area contributed by atoms with E-state index in [9.17, 15) is 12.8 Å². The van der Waals surface area contributed by atoms with E-state index in [1.807, 2.05) is 51.1 Å². The van der Waals surface area contributed by atoms with E-state index >= 15 is 0 Å². The lowest BCUT2D eigenvalue weighted by Crippen LogP contribution is -2.41. The smallest absolute Gasteiger partial charge is 0.218 e. The third kappa shape index (κ3) is 5.55. The van der Waals surface area contributed by atoms with Gasteiger partial charge in [-0.2, -0.15) is 5.10 Å². The molecule has 0 aliphatic heterocycles. The minimum atomic E-state index is -3.37. The van der Waals surface area contributed by atoms with Gasteiger partial charge in [0.2, 0.25) is 15.9 Å². The van der Waals surface area contributed by atoms with E-state index in [4.69, 9.17) is 4.74 Å². The molecule has 1 aromatic heterocycles. The molecule has 32 heavy (non-hydrogen) atoms. The molecular weight excluding hydrogens is 429 g/mol. The van der Waals surface area contributed by atoms with Gasteiger partial charge < -0.3 is 4.74 Å². The number of sulfonamides is 1. The van der Waals surface area contributed by atoms with Gasteiger partial charge in [0.25, 0.3) is 0 Å². The second-order valence-electron chi connectivity index (χ2n) is 8.18. The summed E-state index contributed by atoms with van der Waals surface area (Å²) >= 11 is 0. The zero-order valence-electron chi connectivity index (χ0n) is 19.1. The van der Waals surface area contributed by atoms with Crippen molar-refractivity contribution in [3.8, 4) is 22.9 Å². The van der Waals surface area contributed by atoms with Gasteiger partial charge in [-0.1, -0.05) is 30.3 Å². The number of alkyl halides is 1. The average Bonchev–Trinajstić information content (AvgIpc) is 3.16. The van der Waals surface area contributed by atoms with Crippen molar-refractivity contribution in [3.05, 3.63) is 65.7 Å². The van der Waals surface area contributed by atoms with E-state index < -0.39 is 21.7 Å². The SMILES string of the molecule is CCn1nc(-c2cccc(C(C)(C)NS(=O)(=O)CC)c2)cc1Oc1ccc(C(C)F)cc1. The molecule has 0 bridgehead atoms. The van der Waals surface area contributed by atoms with Crippen molar-refractivity contribution < 1.29 is 17.5 Å². The van der Waals surface area contributed by atoms with Crippen molar-refractivity contribution in [1.29, 1.82) is 0 Å². The lowest BCUT2D eigenvalue weighted by molar-refractivity contribution is 0.373. The fraction of sp³-hybridized carbons (Fsp3) is 0.375. The van der Waals surface area contributed by atoms with Gasteiger partial charge in [0.1, 0.15) is 11.9 Å². The van der Waals surface area contributed by atoms with Crippen LogP contribution in [0.25, 0.3) is 11.3 Å². The Kier molecular flexibility index (Phi) is 7.05. The van der Waals surface area contributed by atoms with Crippen LogP contribution in [0.2, 0.25) is 0 Å². The number of hydrogen-bond donors (Lipinski definition) is 1. The van der Waals surface area contributed by atoms with Crippen molar-refractivity contribution in [2.75, 3.05) is 5.75 Å². The lowest BCUT2D eigenvalue weighted by Gasteiger charge is -2.26. The predicted octanol–water partition coefficient (Wildman–Crippen LogP) is 5.57. The largest absolute Gasteiger partial charge is 0.439 e. The summed E-state index contributed by atoms with van der Waals surface area (Å²) in [6, 6.07) is 16.4. The van der Waals surface area contributed by atoms with Crippen LogP contribution >= 0.6 is 0 Å². The van der Waals surface area contributed by atoms with Crippen LogP contribution in [-0.4, -0.2) is 24.0 Å². The van der Waals surface area contributed by atoms with Crippen LogP contribution in [0.1, 0.15) is 51.9 Å². The summed E-state index contributed by atoms with van der Waals surface area (Å²) in [6.07, 6.45) is -1.03. The molecule has 3 rings (SSSR count). The number of nitrogens with one attached hydrogen (secondary N) is 1. The monoisotopic (exact) mass is 459 g/mol. The first-order valence-electron chi connectivity index (χ1n) is 10.7. The number of rotatable bonds is 9. The van der Waals surface area contributed by atoms with Crippen molar-refractivity contribution in [1.82, 2.24) is 14.5 Å². The normalized spacial score (nSPS) is 13.2. The first-order valence-corrected chi connectivity index (χ1v) is 12.3. The summed E-state index contributed by atoms with van der Waals surface area (Å²) in [4.78, 5) is 0. The van der Waals surface area contributed by atoms with E-state index in [1.165, 1.54) is 6.92 Å². The summed E-state index contributed by atoms with van der Waals surface area (Å²) < 4.78 is 48.1. The van der Waals surface area contributed by atoms with Gasteiger partial charge >= 0.3 is 0 Å². The van der Waals surface area contributed by atoms with Crippen LogP contribution in [0.15, 0.2) is 54.6 Å². The fourth-order valence-electron chi connectivity index (χ4n) is 3.36. The molecule has 0 fully saturated rings. The molecule has 1 N–H and O–H groups in total. The van der Waals surface area contributed by atoms with Crippen molar-refractivity contribution >= 4 is 10.0 Å². The quantitative estimate of drug-likeness (QED) is 0.454. The highest BCUT2D eigenvalue weighted by Gasteiger charge is 2.26. The molecule has 3 aromatic rings. The van der Waals surface area contributed by atoms with Crippen LogP contribution in [-0.2, 0) is 22.1 Å². The van der Waals surface area contributed by atoms with E-state index in [-0.39, 0.29) is 5.75 Å². The maximum Gasteiger partial charge on any atom is 0.218 e. The van der Waals surface area contributed by atoms with E-state index in [0.29, 0.717) is 29.4 Å². The summed E-state index contributed by atoms with van der Waals surface area (Å²) in [5.74, 6) is 1.18. The van der Waals surface area contributed by atoms with Gasteiger partial charge in [0, 0.05) is 18.2 Å². The molecule has 0 aliphatic rings. The van der Waals surface area contributed by atoms with Crippen LogP contribution in [0.4, 0.5) is 4.39 Å². The van der Waals surface area contributed by atoms with Gasteiger partial charge in [-0.25, -0.2) is 22.2 Å². The number of nitrogens with zero attached hydrogens (tertiary/aromatic N) is 2. The Labute approximate surface area is 189 Å². The number of aromatic nitrogens is 2. The summed E-state index contributed by atoms with van der Waals surface area (Å²) in [6.45, 7) is 9.35. The van der Waals surface area contributed by atoms with E-state index in [0.717, 1.165) is 11.1 Å². The molecule has 0 saturated heterocycles. The first kappa shape index (κ1) is 23.9. The first-order chi connectivity index (χ1) is 15.0. The second kappa shape index (κ2) is 9.42. The topological polar surface area (TPSA) is 73.2 Å². The molecule has 172 valence electrons. The Bertz CT molecular complexity index is 1170. The highest BCUT2D eigenvalue weighted by atomic mass is 32.2. The highest BCUT2D eigenvalue weighted by Crippen LogP contribution is 2.31. The van der Waals surface area contributed by atoms with Crippen LogP contribution in [0.3, 0.4) is 0 Å². The molecule has 0 aliphatic carbocycles. The zero-order chi connectivity index (χ0) is 23.5. The maximum absolute atomic E-state index is 13.4. The average molecular weight is 460 g/mol. The van der Waals surface area contributed by atoms with Gasteiger partial charge in [-0.05, 0) is 63.9 Å². The van der Waals surface area contributed by atoms with Gasteiger partial charge in [0.15, 0.2) is 0 Å². The number of ether oxygens (including phenoxy) is 1. The van der Waals surface area contributed by atoms with Gasteiger partial charge in [-0.3, -0.25) is 0 Å². The molecule has 6 nitrogen and oxygen atoms in total. The molecular formula is C24H30FN3O3S. The lowest BCUT2D eigenvalue weighted by atomic mass is 9.93. The zero-order valence-corrected chi connectivity index (χ0v) is 19.9. The van der Waals surface area contributed by atoms with E-state index in [2.05, 4.69) is 9.82 Å². The Morgan fingerprint density at radius 3 is 2.41 bits per heavy atom. The van der Waals surface area contributed by atoms with Crippen LogP contribution in [0.5, 0.6) is 11.6 Å². The Hall–Kier alpha value is -2.71. The van der Waals surface area contributed by atoms with Gasteiger partial charge in [-0.15, -0.1) is 0 Å². The maximum atomic E-state index is 13.4. The van der Waals surface area contributed by atoms with Crippen molar-refractivity contribution in [2.24, 2.45) is 0 Å². The Morgan fingerprint density at radius 2 is 1.81 bits per heavy atom. The van der Waals surface area contributed by atoms with E-state index in [1.54, 1.807) is 35.9 Å². The van der Waals surface area contributed by atoms with Crippen molar-refractivity contribution in [3.63, 3.8) is 0 Å². The second-order valence-corrected chi connectivity index (χ2v) is 10.2. The summed E-state index contributed by atoms with van der Waals surface area (Å²) in [7, 11) is -3.37. The molecule has 1 unspecified atom stereocenters. The molecule has 0 amide bonds. The molecule has 8 heteroatoms. The summed E-state index contributed by atoms with van der Waals surface area (Å²) in [5, 5.41) is 4.65. The highest BCUT2D eigenvalue weighted by molar-refractivity contribution is 7.89. The number of benzene rings is 2. The molecule has 2 aromatic carbocycles. The number of hydrogen-bond acceptors (Lipinski definition) is 4. The van der Waals surface area contributed by atoms with Gasteiger partial charge in [0.05, 0.1) is 17.0 Å². The standard InChI is InChI=1S/C24H30FN3O3S/c1-6-28-23(31-21-13-11-18(12-14-21)17(3)25)16-22(26-28)19-9-8-10-20(15-19)24(4,5)27-32(29,30)7-2/h8-17,27H,6-7H2,1-5H3. The van der Waals surface area contributed by atoms with Crippen LogP contribution < -0.4 is 9.46 Å². The fourth-order valence-corrected chi connectivity index (χ4v) is 4.40. The minimum Gasteiger partial charge on any atom is -0.439 e. The third-order valence-electron chi connectivity index (χ3n) is 5.28. The number of aryl methyl sites for hydroxylation is 1. The Morgan fingerprint density at radius 1 is 1.12 bits per heavy atom. The molecule has 1 heterocycles. The molecule has 1 atom stereocenters. The minimum absolute atomic E-state index is 0.0168. The number of halogens is 1. The predicted molar refractivity (Wildman–Crippen MR) is 125 cm³/mol. The molecule has 0 spiro atoms. The van der Waals surface area contributed by atoms with Crippen LogP contribution in [0, 0.1) is 0 Å².